The molecular formula is C27H32ClFN4O4. The van der Waals surface area contributed by atoms with Crippen LogP contribution in [0.15, 0.2) is 48.5 Å². The highest BCUT2D eigenvalue weighted by Gasteiger charge is 2.55. The lowest BCUT2D eigenvalue weighted by atomic mass is 9.59. The number of carbonyl (C=O) groups is 2. The van der Waals surface area contributed by atoms with Crippen LogP contribution in [0, 0.1) is 5.82 Å². The number of carbonyl (C=O) groups excluding carboxylic acids is 2. The van der Waals surface area contributed by atoms with Crippen LogP contribution in [0.5, 0.6) is 5.75 Å². The Hall–Kier alpha value is -2.72. The van der Waals surface area contributed by atoms with E-state index in [1.54, 1.807) is 0 Å². The zero-order valence-electron chi connectivity index (χ0n) is 20.7. The SMILES string of the molecule is CN1NC(C(=O)NC23CCC(NC(=O)COc4ccc(Cl)c(F)c4)(CC2)[C@@H](O)C3)CC1c1ccccc1. The van der Waals surface area contributed by atoms with Crippen molar-refractivity contribution in [2.75, 3.05) is 13.7 Å². The standard InChI is InChI=1S/C27H32ClFN4O4/c1-33-22(17-5-3-2-4-6-17)14-21(32-33)25(36)31-26-9-11-27(12-10-26,23(34)15-26)30-24(35)16-37-18-7-8-19(28)20(29)13-18/h2-8,13,21-23,32,34H,9-12,14-16H2,1H3,(H,30,35)(H,31,36)/t21?,22?,23-,26?,27?/m0/s1. The number of ether oxygens (including phenoxy) is 1. The Bertz CT molecular complexity index is 1160. The normalized spacial score (nSPS) is 31.2. The number of aliphatic hydroxyl groups is 1. The summed E-state index contributed by atoms with van der Waals surface area (Å²) in [6.45, 7) is -0.305. The Morgan fingerprint density at radius 1 is 1.16 bits per heavy atom. The first kappa shape index (κ1) is 25.9. The van der Waals surface area contributed by atoms with Gasteiger partial charge in [-0.3, -0.25) is 9.59 Å². The van der Waals surface area contributed by atoms with Gasteiger partial charge in [-0.2, -0.15) is 0 Å². The highest BCUT2D eigenvalue weighted by molar-refractivity contribution is 6.30. The number of nitrogens with one attached hydrogen (secondary N) is 3. The van der Waals surface area contributed by atoms with Gasteiger partial charge in [0.1, 0.15) is 17.6 Å². The molecule has 2 aromatic carbocycles. The number of nitrogens with zero attached hydrogens (tertiary/aromatic N) is 1. The number of benzene rings is 2. The van der Waals surface area contributed by atoms with Crippen molar-refractivity contribution in [3.05, 3.63) is 64.9 Å². The molecule has 37 heavy (non-hydrogen) atoms. The van der Waals surface area contributed by atoms with Crippen LogP contribution < -0.4 is 20.8 Å². The number of halogens is 2. The molecular weight excluding hydrogens is 499 g/mol. The molecule has 4 N–H and O–H groups in total. The van der Waals surface area contributed by atoms with Crippen LogP contribution in [0.2, 0.25) is 5.02 Å². The van der Waals surface area contributed by atoms with Gasteiger partial charge < -0.3 is 20.5 Å². The van der Waals surface area contributed by atoms with E-state index in [0.717, 1.165) is 11.6 Å². The first-order valence-corrected chi connectivity index (χ1v) is 13.0. The molecule has 198 valence electrons. The van der Waals surface area contributed by atoms with E-state index in [0.29, 0.717) is 38.5 Å². The largest absolute Gasteiger partial charge is 0.484 e. The quantitative estimate of drug-likeness (QED) is 0.439. The Morgan fingerprint density at radius 3 is 2.57 bits per heavy atom. The number of hydrogen-bond donors (Lipinski definition) is 4. The average Bonchev–Trinajstić information content (AvgIpc) is 3.28. The number of aliphatic hydroxyl groups excluding tert-OH is 1. The van der Waals surface area contributed by atoms with E-state index < -0.39 is 28.9 Å². The van der Waals surface area contributed by atoms with Crippen molar-refractivity contribution >= 4 is 23.4 Å². The van der Waals surface area contributed by atoms with Gasteiger partial charge >= 0.3 is 0 Å². The zero-order valence-corrected chi connectivity index (χ0v) is 21.4. The van der Waals surface area contributed by atoms with Gasteiger partial charge in [0.15, 0.2) is 6.61 Å². The van der Waals surface area contributed by atoms with Gasteiger partial charge in [0.05, 0.1) is 22.7 Å². The maximum absolute atomic E-state index is 13.6. The number of rotatable bonds is 7. The van der Waals surface area contributed by atoms with E-state index in [4.69, 9.17) is 16.3 Å². The lowest BCUT2D eigenvalue weighted by molar-refractivity contribution is -0.137. The van der Waals surface area contributed by atoms with Crippen molar-refractivity contribution in [1.82, 2.24) is 21.1 Å². The van der Waals surface area contributed by atoms with Gasteiger partial charge in [-0.1, -0.05) is 41.9 Å². The molecule has 2 amide bonds. The molecule has 8 nitrogen and oxygen atoms in total. The molecule has 10 heteroatoms. The first-order valence-electron chi connectivity index (χ1n) is 12.6. The Balaban J connectivity index is 1.15. The topological polar surface area (TPSA) is 103 Å². The molecule has 1 heterocycles. The smallest absolute Gasteiger partial charge is 0.258 e. The van der Waals surface area contributed by atoms with Gasteiger partial charge in [-0.05, 0) is 56.2 Å². The molecule has 2 bridgehead atoms. The van der Waals surface area contributed by atoms with Gasteiger partial charge in [0, 0.05) is 18.7 Å². The second-order valence-corrected chi connectivity index (χ2v) is 10.9. The van der Waals surface area contributed by atoms with Crippen molar-refractivity contribution in [3.63, 3.8) is 0 Å². The van der Waals surface area contributed by atoms with Gasteiger partial charge in [-0.15, -0.1) is 0 Å². The predicted octanol–water partition coefficient (Wildman–Crippen LogP) is 2.86. The van der Waals surface area contributed by atoms with E-state index in [1.807, 2.05) is 30.3 Å². The van der Waals surface area contributed by atoms with E-state index >= 15 is 0 Å². The number of amides is 2. The van der Waals surface area contributed by atoms with E-state index in [-0.39, 0.29) is 35.4 Å². The van der Waals surface area contributed by atoms with E-state index in [1.165, 1.54) is 12.1 Å². The average molecular weight is 531 g/mol. The third-order valence-corrected chi connectivity index (χ3v) is 8.45. The molecule has 6 rings (SSSR count). The summed E-state index contributed by atoms with van der Waals surface area (Å²) in [5.74, 6) is -0.885. The molecule has 3 atom stereocenters. The minimum absolute atomic E-state index is 0.0226. The summed E-state index contributed by atoms with van der Waals surface area (Å²) in [6, 6.07) is 13.8. The molecule has 4 fully saturated rings. The van der Waals surface area contributed by atoms with Crippen molar-refractivity contribution in [3.8, 4) is 5.75 Å². The molecule has 4 aliphatic rings. The fraction of sp³-hybridized carbons (Fsp3) is 0.481. The Labute approximate surface area is 220 Å². The summed E-state index contributed by atoms with van der Waals surface area (Å²) in [5, 5.41) is 19.2. The maximum Gasteiger partial charge on any atom is 0.258 e. The molecule has 1 aliphatic heterocycles. The molecule has 1 saturated heterocycles. The second kappa shape index (κ2) is 10.2. The minimum Gasteiger partial charge on any atom is -0.484 e. The minimum atomic E-state index is -0.802. The molecule has 3 aliphatic carbocycles. The highest BCUT2D eigenvalue weighted by atomic mass is 35.5. The fourth-order valence-electron chi connectivity index (χ4n) is 6.01. The number of hydrazine groups is 1. The van der Waals surface area contributed by atoms with Crippen LogP contribution in [0.1, 0.15) is 50.1 Å². The number of fused-ring (bicyclic) bond motifs is 3. The Kier molecular flexibility index (Phi) is 7.15. The third-order valence-electron chi connectivity index (χ3n) is 8.15. The summed E-state index contributed by atoms with van der Waals surface area (Å²) in [4.78, 5) is 25.9. The molecule has 0 spiro atoms. The number of hydrogen-bond acceptors (Lipinski definition) is 6. The van der Waals surface area contributed by atoms with Gasteiger partial charge in [0.25, 0.3) is 5.91 Å². The lowest BCUT2D eigenvalue weighted by Gasteiger charge is -2.56. The first-order chi connectivity index (χ1) is 17.7. The summed E-state index contributed by atoms with van der Waals surface area (Å²) in [7, 11) is 1.94. The van der Waals surface area contributed by atoms with E-state index in [2.05, 4.69) is 28.2 Å². The monoisotopic (exact) mass is 530 g/mol. The summed E-state index contributed by atoms with van der Waals surface area (Å²) in [6.07, 6.45) is 2.62. The molecule has 0 aromatic heterocycles. The lowest BCUT2D eigenvalue weighted by Crippen LogP contribution is -2.71. The van der Waals surface area contributed by atoms with Crippen LogP contribution in [0.25, 0.3) is 0 Å². The second-order valence-electron chi connectivity index (χ2n) is 10.5. The van der Waals surface area contributed by atoms with Crippen LogP contribution in [0.3, 0.4) is 0 Å². The van der Waals surface area contributed by atoms with Crippen molar-refractivity contribution < 1.29 is 23.8 Å². The summed E-state index contributed by atoms with van der Waals surface area (Å²) in [5.41, 5.74) is 3.18. The molecule has 0 radical (unpaired) electrons. The molecule has 2 aromatic rings. The summed E-state index contributed by atoms with van der Waals surface area (Å²) >= 11 is 5.68. The van der Waals surface area contributed by atoms with Crippen LogP contribution in [-0.2, 0) is 9.59 Å². The van der Waals surface area contributed by atoms with Gasteiger partial charge in [-0.25, -0.2) is 14.8 Å². The maximum atomic E-state index is 13.6. The predicted molar refractivity (Wildman–Crippen MR) is 136 cm³/mol. The fourth-order valence-corrected chi connectivity index (χ4v) is 6.13. The summed E-state index contributed by atoms with van der Waals surface area (Å²) < 4.78 is 19.0. The van der Waals surface area contributed by atoms with Gasteiger partial charge in [0.2, 0.25) is 5.91 Å². The van der Waals surface area contributed by atoms with Crippen LogP contribution in [0.4, 0.5) is 4.39 Å². The van der Waals surface area contributed by atoms with Crippen molar-refractivity contribution in [2.45, 2.75) is 67.8 Å². The van der Waals surface area contributed by atoms with Crippen LogP contribution in [-0.4, -0.2) is 58.8 Å². The van der Waals surface area contributed by atoms with Crippen molar-refractivity contribution in [1.29, 1.82) is 0 Å². The van der Waals surface area contributed by atoms with E-state index in [9.17, 15) is 19.1 Å². The molecule has 2 unspecified atom stereocenters. The highest BCUT2D eigenvalue weighted by Crippen LogP contribution is 2.47. The molecule has 3 saturated carbocycles. The third kappa shape index (κ3) is 5.31. The Morgan fingerprint density at radius 2 is 1.89 bits per heavy atom. The zero-order chi connectivity index (χ0) is 26.2. The van der Waals surface area contributed by atoms with Crippen molar-refractivity contribution in [2.24, 2.45) is 0 Å². The van der Waals surface area contributed by atoms with Crippen LogP contribution >= 0.6 is 11.6 Å².